The van der Waals surface area contributed by atoms with E-state index in [4.69, 9.17) is 4.74 Å². The van der Waals surface area contributed by atoms with Crippen molar-refractivity contribution in [1.29, 1.82) is 0 Å². The SMILES string of the molecule is CC(C)(C)OC(=O)Nc1nc(CC(=O)n2ccnn2)cs1. The minimum absolute atomic E-state index is 0.0792. The molecule has 0 atom stereocenters. The van der Waals surface area contributed by atoms with Crippen molar-refractivity contribution >= 4 is 28.5 Å². The van der Waals surface area contributed by atoms with E-state index in [2.05, 4.69) is 20.6 Å². The molecule has 2 heterocycles. The van der Waals surface area contributed by atoms with E-state index < -0.39 is 11.7 Å². The first-order valence-electron chi connectivity index (χ1n) is 6.17. The molecule has 112 valence electrons. The second-order valence-corrected chi connectivity index (χ2v) is 6.05. The highest BCUT2D eigenvalue weighted by atomic mass is 32.1. The van der Waals surface area contributed by atoms with Crippen LogP contribution < -0.4 is 5.32 Å². The summed E-state index contributed by atoms with van der Waals surface area (Å²) in [5, 5.41) is 11.8. The number of carbonyl (C=O) groups excluding carboxylic acids is 2. The van der Waals surface area contributed by atoms with Gasteiger partial charge in [-0.25, -0.2) is 9.78 Å². The van der Waals surface area contributed by atoms with Crippen molar-refractivity contribution in [3.8, 4) is 0 Å². The van der Waals surface area contributed by atoms with Crippen LogP contribution in [-0.2, 0) is 11.2 Å². The van der Waals surface area contributed by atoms with Crippen molar-refractivity contribution in [1.82, 2.24) is 20.0 Å². The number of hydrogen-bond acceptors (Lipinski definition) is 7. The molecule has 1 N–H and O–H groups in total. The molecule has 8 nitrogen and oxygen atoms in total. The number of amides is 1. The number of hydrogen-bond donors (Lipinski definition) is 1. The van der Waals surface area contributed by atoms with Gasteiger partial charge in [-0.2, -0.15) is 4.68 Å². The average Bonchev–Trinajstić information content (AvgIpc) is 2.97. The Morgan fingerprint density at radius 1 is 1.43 bits per heavy atom. The molecule has 9 heteroatoms. The molecule has 0 aliphatic heterocycles. The molecule has 0 fully saturated rings. The molecule has 0 aromatic carbocycles. The Kier molecular flexibility index (Phi) is 4.32. The summed E-state index contributed by atoms with van der Waals surface area (Å²) in [6.07, 6.45) is 2.39. The van der Waals surface area contributed by atoms with E-state index in [0.717, 1.165) is 4.68 Å². The Labute approximate surface area is 125 Å². The van der Waals surface area contributed by atoms with Crippen molar-refractivity contribution in [2.24, 2.45) is 0 Å². The van der Waals surface area contributed by atoms with Crippen molar-refractivity contribution in [2.75, 3.05) is 5.32 Å². The predicted octanol–water partition coefficient (Wildman–Crippen LogP) is 1.96. The molecule has 2 aromatic rings. The first-order chi connectivity index (χ1) is 9.83. The van der Waals surface area contributed by atoms with Gasteiger partial charge in [0.25, 0.3) is 5.91 Å². The third-order valence-electron chi connectivity index (χ3n) is 2.17. The number of thiazole rings is 1. The first-order valence-corrected chi connectivity index (χ1v) is 7.05. The molecule has 2 rings (SSSR count). The molecule has 0 aliphatic carbocycles. The van der Waals surface area contributed by atoms with Gasteiger partial charge in [0.15, 0.2) is 5.13 Å². The fourth-order valence-corrected chi connectivity index (χ4v) is 2.11. The average molecular weight is 309 g/mol. The zero-order valence-electron chi connectivity index (χ0n) is 11.9. The molecule has 0 bridgehead atoms. The summed E-state index contributed by atoms with van der Waals surface area (Å²) in [5.41, 5.74) is -0.0284. The Bertz CT molecular complexity index is 630. The smallest absolute Gasteiger partial charge is 0.413 e. The Balaban J connectivity index is 1.92. The monoisotopic (exact) mass is 309 g/mol. The summed E-state index contributed by atoms with van der Waals surface area (Å²) in [6.45, 7) is 5.32. The van der Waals surface area contributed by atoms with Crippen molar-refractivity contribution in [2.45, 2.75) is 32.8 Å². The van der Waals surface area contributed by atoms with Gasteiger partial charge in [0.05, 0.1) is 24.5 Å². The van der Waals surface area contributed by atoms with Crippen LogP contribution >= 0.6 is 11.3 Å². The van der Waals surface area contributed by atoms with Gasteiger partial charge >= 0.3 is 6.09 Å². The minimum atomic E-state index is -0.578. The maximum absolute atomic E-state index is 11.8. The van der Waals surface area contributed by atoms with Crippen LogP contribution in [0, 0.1) is 0 Å². The van der Waals surface area contributed by atoms with Crippen LogP contribution in [-0.4, -0.2) is 37.6 Å². The highest BCUT2D eigenvalue weighted by Crippen LogP contribution is 2.17. The number of rotatable bonds is 3. The van der Waals surface area contributed by atoms with Crippen molar-refractivity contribution in [3.63, 3.8) is 0 Å². The number of nitrogens with one attached hydrogen (secondary N) is 1. The maximum Gasteiger partial charge on any atom is 0.413 e. The molecule has 0 saturated carbocycles. The predicted molar refractivity (Wildman–Crippen MR) is 76.3 cm³/mol. The molecule has 1 amide bonds. The van der Waals surface area contributed by atoms with E-state index in [1.165, 1.54) is 23.7 Å². The molecule has 0 aliphatic rings. The highest BCUT2D eigenvalue weighted by molar-refractivity contribution is 7.13. The largest absolute Gasteiger partial charge is 0.444 e. The zero-order chi connectivity index (χ0) is 15.5. The van der Waals surface area contributed by atoms with Crippen LogP contribution in [0.15, 0.2) is 17.8 Å². The number of carbonyl (C=O) groups is 2. The van der Waals surface area contributed by atoms with E-state index in [1.807, 2.05) is 0 Å². The van der Waals surface area contributed by atoms with Crippen molar-refractivity contribution < 1.29 is 14.3 Å². The van der Waals surface area contributed by atoms with Gasteiger partial charge in [0.1, 0.15) is 5.60 Å². The third kappa shape index (κ3) is 4.63. The summed E-state index contributed by atoms with van der Waals surface area (Å²) < 4.78 is 6.26. The second kappa shape index (κ2) is 6.00. The number of aromatic nitrogens is 4. The maximum atomic E-state index is 11.8. The Hall–Kier alpha value is -2.29. The molecule has 2 aromatic heterocycles. The van der Waals surface area contributed by atoms with Crippen LogP contribution in [0.3, 0.4) is 0 Å². The van der Waals surface area contributed by atoms with E-state index in [9.17, 15) is 9.59 Å². The van der Waals surface area contributed by atoms with E-state index >= 15 is 0 Å². The lowest BCUT2D eigenvalue weighted by Crippen LogP contribution is -2.27. The molecule has 21 heavy (non-hydrogen) atoms. The lowest BCUT2D eigenvalue weighted by Gasteiger charge is -2.18. The summed E-state index contributed by atoms with van der Waals surface area (Å²) in [5.74, 6) is -0.249. The topological polar surface area (TPSA) is 99.0 Å². The summed E-state index contributed by atoms with van der Waals surface area (Å²) in [4.78, 5) is 27.6. The lowest BCUT2D eigenvalue weighted by molar-refractivity contribution is 0.0635. The van der Waals surface area contributed by atoms with Gasteiger partial charge in [-0.05, 0) is 20.8 Å². The molecule has 0 radical (unpaired) electrons. The van der Waals surface area contributed by atoms with Crippen LogP contribution in [0.2, 0.25) is 0 Å². The van der Waals surface area contributed by atoms with Gasteiger partial charge in [0.2, 0.25) is 0 Å². The highest BCUT2D eigenvalue weighted by Gasteiger charge is 2.17. The van der Waals surface area contributed by atoms with Crippen LogP contribution in [0.5, 0.6) is 0 Å². The van der Waals surface area contributed by atoms with Crippen LogP contribution in [0.25, 0.3) is 0 Å². The molecule has 0 saturated heterocycles. The molecular formula is C12H15N5O3S. The van der Waals surface area contributed by atoms with Gasteiger partial charge < -0.3 is 4.74 Å². The third-order valence-corrected chi connectivity index (χ3v) is 2.98. The van der Waals surface area contributed by atoms with Crippen molar-refractivity contribution in [3.05, 3.63) is 23.5 Å². The molecule has 0 unspecified atom stereocenters. The summed E-state index contributed by atoms with van der Waals surface area (Å²) in [6, 6.07) is 0. The van der Waals surface area contributed by atoms with Crippen LogP contribution in [0.4, 0.5) is 9.93 Å². The minimum Gasteiger partial charge on any atom is -0.444 e. The number of ether oxygens (including phenoxy) is 1. The quantitative estimate of drug-likeness (QED) is 0.930. The first kappa shape index (κ1) is 15.1. The fourth-order valence-electron chi connectivity index (χ4n) is 1.41. The Morgan fingerprint density at radius 2 is 2.19 bits per heavy atom. The van der Waals surface area contributed by atoms with Gasteiger partial charge in [-0.3, -0.25) is 10.1 Å². The van der Waals surface area contributed by atoms with E-state index in [1.54, 1.807) is 26.2 Å². The normalized spacial score (nSPS) is 11.2. The molecular weight excluding hydrogens is 294 g/mol. The van der Waals surface area contributed by atoms with E-state index in [-0.39, 0.29) is 12.3 Å². The number of anilines is 1. The van der Waals surface area contributed by atoms with Crippen LogP contribution in [0.1, 0.15) is 31.3 Å². The summed E-state index contributed by atoms with van der Waals surface area (Å²) >= 11 is 1.22. The summed E-state index contributed by atoms with van der Waals surface area (Å²) in [7, 11) is 0. The number of nitrogens with zero attached hydrogens (tertiary/aromatic N) is 4. The standard InChI is InChI=1S/C12H15N5O3S/c1-12(2,3)20-11(19)15-10-14-8(7-21-10)6-9(18)17-5-4-13-16-17/h4-5,7H,6H2,1-3H3,(H,14,15,19). The van der Waals surface area contributed by atoms with E-state index in [0.29, 0.717) is 10.8 Å². The lowest BCUT2D eigenvalue weighted by atomic mass is 10.2. The second-order valence-electron chi connectivity index (χ2n) is 5.19. The Morgan fingerprint density at radius 3 is 2.81 bits per heavy atom. The van der Waals surface area contributed by atoms with Gasteiger partial charge in [-0.1, -0.05) is 5.21 Å². The van der Waals surface area contributed by atoms with Gasteiger partial charge in [0, 0.05) is 5.38 Å². The fraction of sp³-hybridized carbons (Fsp3) is 0.417. The molecule has 0 spiro atoms. The zero-order valence-corrected chi connectivity index (χ0v) is 12.7. The van der Waals surface area contributed by atoms with Gasteiger partial charge in [-0.15, -0.1) is 16.4 Å².